The van der Waals surface area contributed by atoms with Crippen molar-refractivity contribution in [3.05, 3.63) is 36.4 Å². The Morgan fingerprint density at radius 3 is 2.78 bits per heavy atom. The topological polar surface area (TPSA) is 21.3 Å². The average Bonchev–Trinajstić information content (AvgIpc) is 2.42. The number of anilines is 1. The first-order valence-corrected chi connectivity index (χ1v) is 7.45. The Morgan fingerprint density at radius 1 is 1.22 bits per heavy atom. The van der Waals surface area contributed by atoms with Crippen LogP contribution in [0.2, 0.25) is 0 Å². The molecule has 4 heteroatoms. The number of hydrogen-bond donors (Lipinski definition) is 1. The Labute approximate surface area is 116 Å². The molecule has 0 radical (unpaired) electrons. The minimum atomic E-state index is 0.150. The summed E-state index contributed by atoms with van der Waals surface area (Å²) in [6.45, 7) is 0. The molecule has 0 fully saturated rings. The first-order valence-electron chi connectivity index (χ1n) is 6.04. The molecule has 0 saturated carbocycles. The molecule has 0 bridgehead atoms. The van der Waals surface area contributed by atoms with Gasteiger partial charge in [-0.3, -0.25) is 0 Å². The standard InChI is InChI=1S/C14H14ClNOS/c15-7-3-6-14-17-13-9-11-5-2-1-4-10(11)8-12(13)16-18-14/h1-2,4-5,8-9,14,16H,3,6-7H2. The van der Waals surface area contributed by atoms with Crippen molar-refractivity contribution in [1.29, 1.82) is 0 Å². The first-order chi connectivity index (χ1) is 8.86. The molecular formula is C14H14ClNOS. The average molecular weight is 280 g/mol. The van der Waals surface area contributed by atoms with Crippen LogP contribution in [0.4, 0.5) is 5.69 Å². The highest BCUT2D eigenvalue weighted by Gasteiger charge is 2.20. The van der Waals surface area contributed by atoms with Gasteiger partial charge in [0, 0.05) is 5.88 Å². The number of nitrogens with one attached hydrogen (secondary N) is 1. The number of benzene rings is 2. The van der Waals surface area contributed by atoms with Gasteiger partial charge >= 0.3 is 0 Å². The van der Waals surface area contributed by atoms with E-state index in [2.05, 4.69) is 35.1 Å². The van der Waals surface area contributed by atoms with Gasteiger partial charge in [0.15, 0.2) is 5.44 Å². The summed E-state index contributed by atoms with van der Waals surface area (Å²) in [5.74, 6) is 1.62. The van der Waals surface area contributed by atoms with Gasteiger partial charge in [-0.1, -0.05) is 24.3 Å². The Balaban J connectivity index is 1.88. The van der Waals surface area contributed by atoms with Crippen LogP contribution < -0.4 is 9.46 Å². The summed E-state index contributed by atoms with van der Waals surface area (Å²) >= 11 is 7.34. The molecule has 1 N–H and O–H groups in total. The van der Waals surface area contributed by atoms with Crippen molar-refractivity contribution in [2.45, 2.75) is 18.3 Å². The highest BCUT2D eigenvalue weighted by atomic mass is 35.5. The zero-order valence-electron chi connectivity index (χ0n) is 9.86. The molecule has 1 atom stereocenters. The summed E-state index contributed by atoms with van der Waals surface area (Å²) in [7, 11) is 0. The van der Waals surface area contributed by atoms with Gasteiger partial charge in [0.1, 0.15) is 5.75 Å². The predicted octanol–water partition coefficient (Wildman–Crippen LogP) is 4.64. The number of rotatable bonds is 3. The smallest absolute Gasteiger partial charge is 0.163 e. The molecule has 0 aromatic heterocycles. The molecule has 1 aliphatic heterocycles. The second-order valence-electron chi connectivity index (χ2n) is 4.29. The van der Waals surface area contributed by atoms with E-state index in [1.54, 1.807) is 11.9 Å². The van der Waals surface area contributed by atoms with Gasteiger partial charge in [-0.15, -0.1) is 11.6 Å². The van der Waals surface area contributed by atoms with Crippen LogP contribution in [0.15, 0.2) is 36.4 Å². The molecule has 1 unspecified atom stereocenters. The zero-order valence-corrected chi connectivity index (χ0v) is 11.4. The Hall–Kier alpha value is -1.06. The number of halogens is 1. The van der Waals surface area contributed by atoms with E-state index in [0.29, 0.717) is 5.88 Å². The molecule has 2 nitrogen and oxygen atoms in total. The van der Waals surface area contributed by atoms with Crippen molar-refractivity contribution in [3.8, 4) is 5.75 Å². The number of ether oxygens (including phenoxy) is 1. The van der Waals surface area contributed by atoms with Gasteiger partial charge in [0.2, 0.25) is 0 Å². The van der Waals surface area contributed by atoms with Crippen LogP contribution in [0.25, 0.3) is 10.8 Å². The molecule has 0 aliphatic carbocycles. The lowest BCUT2D eigenvalue weighted by molar-refractivity contribution is 0.275. The number of fused-ring (bicyclic) bond motifs is 2. The molecule has 0 amide bonds. The molecule has 1 heterocycles. The molecule has 3 rings (SSSR count). The Bertz CT molecular complexity index is 560. The highest BCUT2D eigenvalue weighted by Crippen LogP contribution is 2.39. The lowest BCUT2D eigenvalue weighted by atomic mass is 10.1. The molecule has 94 valence electrons. The van der Waals surface area contributed by atoms with E-state index < -0.39 is 0 Å². The largest absolute Gasteiger partial charge is 0.476 e. The zero-order chi connectivity index (χ0) is 12.4. The van der Waals surface area contributed by atoms with E-state index in [9.17, 15) is 0 Å². The summed E-state index contributed by atoms with van der Waals surface area (Å²) in [5.41, 5.74) is 1.21. The lowest BCUT2D eigenvalue weighted by Crippen LogP contribution is -2.19. The highest BCUT2D eigenvalue weighted by molar-refractivity contribution is 8.01. The van der Waals surface area contributed by atoms with Gasteiger partial charge in [-0.25, -0.2) is 0 Å². The summed E-state index contributed by atoms with van der Waals surface area (Å²) < 4.78 is 9.35. The van der Waals surface area contributed by atoms with Crippen molar-refractivity contribution in [3.63, 3.8) is 0 Å². The van der Waals surface area contributed by atoms with Gasteiger partial charge in [0.25, 0.3) is 0 Å². The van der Waals surface area contributed by atoms with E-state index in [-0.39, 0.29) is 5.44 Å². The monoisotopic (exact) mass is 279 g/mol. The van der Waals surface area contributed by atoms with E-state index in [4.69, 9.17) is 16.3 Å². The molecule has 18 heavy (non-hydrogen) atoms. The fraction of sp³-hybridized carbons (Fsp3) is 0.286. The molecular weight excluding hydrogens is 266 g/mol. The minimum Gasteiger partial charge on any atom is -0.476 e. The molecule has 0 saturated heterocycles. The van der Waals surface area contributed by atoms with E-state index >= 15 is 0 Å². The summed E-state index contributed by atoms with van der Waals surface area (Å²) in [6, 6.07) is 12.6. The van der Waals surface area contributed by atoms with Crippen LogP contribution in [0, 0.1) is 0 Å². The number of alkyl halides is 1. The molecule has 2 aromatic carbocycles. The molecule has 2 aromatic rings. The van der Waals surface area contributed by atoms with Gasteiger partial charge in [0.05, 0.1) is 5.69 Å². The fourth-order valence-electron chi connectivity index (χ4n) is 2.05. The third kappa shape index (κ3) is 2.38. The van der Waals surface area contributed by atoms with Gasteiger partial charge in [-0.05, 0) is 47.7 Å². The third-order valence-corrected chi connectivity index (χ3v) is 4.18. The third-order valence-electron chi connectivity index (χ3n) is 2.98. The maximum Gasteiger partial charge on any atom is 0.163 e. The van der Waals surface area contributed by atoms with Crippen LogP contribution in [0.1, 0.15) is 12.8 Å². The van der Waals surface area contributed by atoms with Gasteiger partial charge in [-0.2, -0.15) is 0 Å². The van der Waals surface area contributed by atoms with Crippen LogP contribution in [-0.4, -0.2) is 11.3 Å². The maximum atomic E-state index is 5.98. The van der Waals surface area contributed by atoms with Crippen molar-refractivity contribution < 1.29 is 4.74 Å². The first kappa shape index (κ1) is 12.0. The SMILES string of the molecule is ClCCCC1Oc2cc3ccccc3cc2NS1. The molecule has 1 aliphatic rings. The summed E-state index contributed by atoms with van der Waals surface area (Å²) in [6.07, 6.45) is 1.94. The van der Waals surface area contributed by atoms with Crippen LogP contribution in [0.5, 0.6) is 5.75 Å². The van der Waals surface area contributed by atoms with Crippen molar-refractivity contribution in [1.82, 2.24) is 0 Å². The quantitative estimate of drug-likeness (QED) is 0.653. The van der Waals surface area contributed by atoms with Crippen molar-refractivity contribution >= 4 is 40.0 Å². The van der Waals surface area contributed by atoms with Crippen LogP contribution >= 0.6 is 23.5 Å². The molecule has 0 spiro atoms. The summed E-state index contributed by atoms with van der Waals surface area (Å²) in [5, 5.41) is 2.44. The minimum absolute atomic E-state index is 0.150. The van der Waals surface area contributed by atoms with Crippen LogP contribution in [0.3, 0.4) is 0 Å². The van der Waals surface area contributed by atoms with E-state index in [1.807, 2.05) is 6.07 Å². The predicted molar refractivity (Wildman–Crippen MR) is 79.5 cm³/mol. The van der Waals surface area contributed by atoms with Gasteiger partial charge < -0.3 is 9.46 Å². The van der Waals surface area contributed by atoms with Crippen molar-refractivity contribution in [2.24, 2.45) is 0 Å². The van der Waals surface area contributed by atoms with Crippen LogP contribution in [-0.2, 0) is 0 Å². The Kier molecular flexibility index (Phi) is 3.52. The normalized spacial score (nSPS) is 17.9. The summed E-state index contributed by atoms with van der Waals surface area (Å²) in [4.78, 5) is 0. The van der Waals surface area contributed by atoms with Crippen molar-refractivity contribution in [2.75, 3.05) is 10.6 Å². The number of hydrogen-bond acceptors (Lipinski definition) is 3. The maximum absolute atomic E-state index is 5.98. The lowest BCUT2D eigenvalue weighted by Gasteiger charge is -2.26. The van der Waals surface area contributed by atoms with E-state index in [0.717, 1.165) is 24.3 Å². The second-order valence-corrected chi connectivity index (χ2v) is 5.64. The second kappa shape index (κ2) is 5.29. The Morgan fingerprint density at radius 2 is 2.00 bits per heavy atom. The fourth-order valence-corrected chi connectivity index (χ4v) is 3.06. The van der Waals surface area contributed by atoms with E-state index in [1.165, 1.54) is 10.8 Å².